The van der Waals surface area contributed by atoms with Gasteiger partial charge in [0.2, 0.25) is 0 Å². The van der Waals surface area contributed by atoms with Crippen LogP contribution in [0.15, 0.2) is 58.4 Å². The van der Waals surface area contributed by atoms with Crippen LogP contribution >= 0.6 is 0 Å². The zero-order chi connectivity index (χ0) is 23.0. The molecule has 0 fully saturated rings. The van der Waals surface area contributed by atoms with Crippen molar-refractivity contribution in [3.63, 3.8) is 0 Å². The van der Waals surface area contributed by atoms with Crippen LogP contribution < -0.4 is 11.0 Å². The van der Waals surface area contributed by atoms with Crippen LogP contribution in [0, 0.1) is 13.8 Å². The third-order valence-corrected chi connectivity index (χ3v) is 5.37. The first-order valence-electron chi connectivity index (χ1n) is 10.2. The van der Waals surface area contributed by atoms with Gasteiger partial charge in [0.15, 0.2) is 5.49 Å². The lowest BCUT2D eigenvalue weighted by molar-refractivity contribution is 0.0523. The molecule has 4 aromatic rings. The van der Waals surface area contributed by atoms with E-state index in [1.165, 1.54) is 15.0 Å². The van der Waals surface area contributed by atoms with Crippen LogP contribution in [0.4, 0.5) is 0 Å². The second-order valence-corrected chi connectivity index (χ2v) is 7.46. The molecule has 0 unspecified atom stereocenters. The summed E-state index contributed by atoms with van der Waals surface area (Å²) in [7, 11) is 1.61. The van der Waals surface area contributed by atoms with Crippen molar-refractivity contribution in [3.05, 3.63) is 86.8 Å². The largest absolute Gasteiger partial charge is 0.462 e. The molecule has 0 radical (unpaired) electrons. The molecule has 1 amide bonds. The summed E-state index contributed by atoms with van der Waals surface area (Å²) < 4.78 is 8.05. The second kappa shape index (κ2) is 8.22. The van der Waals surface area contributed by atoms with Crippen molar-refractivity contribution in [3.8, 4) is 0 Å². The lowest BCUT2D eigenvalue weighted by atomic mass is 10.1. The molecule has 4 rings (SSSR count). The van der Waals surface area contributed by atoms with Gasteiger partial charge in [0.25, 0.3) is 11.5 Å². The lowest BCUT2D eigenvalue weighted by Crippen LogP contribution is -2.31. The van der Waals surface area contributed by atoms with Crippen LogP contribution in [-0.2, 0) is 11.8 Å². The van der Waals surface area contributed by atoms with Crippen molar-refractivity contribution in [2.45, 2.75) is 20.8 Å². The standard InChI is InChI=1S/C24H22N4O4/c1-5-32-24(31)18-13-17-20(25-19-8-6-7-11-28(19)23(17)30)27(4)21(18)26-22(29)16-10-9-14(2)15(3)12-16/h6-13H,5H2,1-4H3. The molecule has 32 heavy (non-hydrogen) atoms. The van der Waals surface area contributed by atoms with Crippen LogP contribution in [-0.4, -0.2) is 32.4 Å². The molecule has 1 aromatic carbocycles. The SMILES string of the molecule is CCOC(=O)c1cc2c(=O)n3ccccc3nc2n(C)c1=NC(=O)c1ccc(C)c(C)c1. The maximum atomic E-state index is 13.1. The van der Waals surface area contributed by atoms with Crippen molar-refractivity contribution in [1.29, 1.82) is 0 Å². The molecule has 0 aliphatic carbocycles. The summed E-state index contributed by atoms with van der Waals surface area (Å²) in [6.07, 6.45) is 1.61. The Balaban J connectivity index is 2.05. The average Bonchev–Trinajstić information content (AvgIpc) is 2.78. The Kier molecular flexibility index (Phi) is 5.44. The third kappa shape index (κ3) is 3.60. The highest BCUT2D eigenvalue weighted by molar-refractivity contribution is 5.97. The Morgan fingerprint density at radius 1 is 1.09 bits per heavy atom. The minimum Gasteiger partial charge on any atom is -0.462 e. The van der Waals surface area contributed by atoms with Gasteiger partial charge in [-0.2, -0.15) is 4.99 Å². The molecule has 162 valence electrons. The predicted octanol–water partition coefficient (Wildman–Crippen LogP) is 2.72. The molecule has 0 saturated heterocycles. The van der Waals surface area contributed by atoms with Crippen LogP contribution in [0.25, 0.3) is 16.7 Å². The molecule has 0 saturated carbocycles. The molecule has 0 aliphatic rings. The van der Waals surface area contributed by atoms with E-state index < -0.39 is 11.9 Å². The van der Waals surface area contributed by atoms with Crippen molar-refractivity contribution in [2.75, 3.05) is 6.61 Å². The monoisotopic (exact) mass is 430 g/mol. The summed E-state index contributed by atoms with van der Waals surface area (Å²) in [5.41, 5.74) is 2.92. The molecule has 0 aliphatic heterocycles. The number of rotatable bonds is 3. The Labute approximate surface area is 183 Å². The quantitative estimate of drug-likeness (QED) is 0.368. The molecule has 3 heterocycles. The summed E-state index contributed by atoms with van der Waals surface area (Å²) >= 11 is 0. The molecular weight excluding hydrogens is 408 g/mol. The van der Waals surface area contributed by atoms with Crippen LogP contribution in [0.5, 0.6) is 0 Å². The number of aromatic nitrogens is 3. The van der Waals surface area contributed by atoms with Crippen molar-refractivity contribution >= 4 is 28.6 Å². The first-order chi connectivity index (χ1) is 15.3. The molecule has 0 spiro atoms. The number of hydrogen-bond donors (Lipinski definition) is 0. The van der Waals surface area contributed by atoms with Gasteiger partial charge in [0.1, 0.15) is 16.9 Å². The van der Waals surface area contributed by atoms with E-state index in [-0.39, 0.29) is 28.6 Å². The van der Waals surface area contributed by atoms with Gasteiger partial charge < -0.3 is 9.30 Å². The predicted molar refractivity (Wildman–Crippen MR) is 120 cm³/mol. The molecule has 8 heteroatoms. The van der Waals surface area contributed by atoms with E-state index in [9.17, 15) is 14.4 Å². The molecule has 0 atom stereocenters. The van der Waals surface area contributed by atoms with E-state index in [0.29, 0.717) is 16.9 Å². The fraction of sp³-hybridized carbons (Fsp3) is 0.208. The normalized spacial score (nSPS) is 11.8. The van der Waals surface area contributed by atoms with Gasteiger partial charge in [0.05, 0.1) is 12.0 Å². The van der Waals surface area contributed by atoms with Crippen molar-refractivity contribution in [1.82, 2.24) is 14.0 Å². The van der Waals surface area contributed by atoms with Crippen LogP contribution in [0.3, 0.4) is 0 Å². The zero-order valence-electron chi connectivity index (χ0n) is 18.2. The number of pyridine rings is 2. The topological polar surface area (TPSA) is 95.0 Å². The van der Waals surface area contributed by atoms with Gasteiger partial charge >= 0.3 is 5.97 Å². The second-order valence-electron chi connectivity index (χ2n) is 7.46. The highest BCUT2D eigenvalue weighted by Crippen LogP contribution is 2.13. The first-order valence-corrected chi connectivity index (χ1v) is 10.2. The van der Waals surface area contributed by atoms with E-state index in [2.05, 4.69) is 9.98 Å². The Hall–Kier alpha value is -4.07. The highest BCUT2D eigenvalue weighted by atomic mass is 16.5. The fourth-order valence-corrected chi connectivity index (χ4v) is 3.49. The van der Waals surface area contributed by atoms with Gasteiger partial charge in [-0.05, 0) is 62.2 Å². The first kappa shape index (κ1) is 21.2. The number of esters is 1. The van der Waals surface area contributed by atoms with E-state index in [1.54, 1.807) is 50.5 Å². The number of amides is 1. The number of carbonyl (C=O) groups excluding carboxylic acids is 2. The lowest BCUT2D eigenvalue weighted by Gasteiger charge is -2.11. The van der Waals surface area contributed by atoms with Crippen LogP contribution in [0.1, 0.15) is 38.8 Å². The van der Waals surface area contributed by atoms with E-state index in [0.717, 1.165) is 11.1 Å². The fourth-order valence-electron chi connectivity index (χ4n) is 3.49. The molecule has 0 N–H and O–H groups in total. The molecule has 3 aromatic heterocycles. The molecule has 0 bridgehead atoms. The number of hydrogen-bond acceptors (Lipinski definition) is 5. The summed E-state index contributed by atoms with van der Waals surface area (Å²) in [6, 6.07) is 11.9. The summed E-state index contributed by atoms with van der Waals surface area (Å²) in [4.78, 5) is 47.5. The van der Waals surface area contributed by atoms with Crippen molar-refractivity contribution in [2.24, 2.45) is 12.0 Å². The average molecular weight is 430 g/mol. The number of ether oxygens (including phenoxy) is 1. The highest BCUT2D eigenvalue weighted by Gasteiger charge is 2.19. The van der Waals surface area contributed by atoms with Crippen LogP contribution in [0.2, 0.25) is 0 Å². The van der Waals surface area contributed by atoms with E-state index in [4.69, 9.17) is 4.74 Å². The summed E-state index contributed by atoms with van der Waals surface area (Å²) in [6.45, 7) is 5.69. The van der Waals surface area contributed by atoms with Crippen molar-refractivity contribution < 1.29 is 14.3 Å². The van der Waals surface area contributed by atoms with Gasteiger partial charge in [-0.25, -0.2) is 9.78 Å². The number of carbonyl (C=O) groups is 2. The number of aryl methyl sites for hydroxylation is 3. The van der Waals surface area contributed by atoms with E-state index in [1.807, 2.05) is 19.9 Å². The third-order valence-electron chi connectivity index (χ3n) is 5.37. The Bertz CT molecular complexity index is 1530. The summed E-state index contributed by atoms with van der Waals surface area (Å²) in [5, 5.41) is 0.219. The molecular formula is C24H22N4O4. The van der Waals surface area contributed by atoms with Gasteiger partial charge in [0, 0.05) is 18.8 Å². The minimum atomic E-state index is -0.672. The number of fused-ring (bicyclic) bond motifs is 2. The number of benzene rings is 1. The Morgan fingerprint density at radius 2 is 1.88 bits per heavy atom. The smallest absolute Gasteiger partial charge is 0.341 e. The van der Waals surface area contributed by atoms with Gasteiger partial charge in [-0.3, -0.25) is 14.0 Å². The Morgan fingerprint density at radius 3 is 2.59 bits per heavy atom. The maximum absolute atomic E-state index is 13.1. The van der Waals surface area contributed by atoms with Gasteiger partial charge in [-0.1, -0.05) is 12.1 Å². The van der Waals surface area contributed by atoms with Gasteiger partial charge in [-0.15, -0.1) is 0 Å². The number of nitrogens with zero attached hydrogens (tertiary/aromatic N) is 4. The molecule has 8 nitrogen and oxygen atoms in total. The summed E-state index contributed by atoms with van der Waals surface area (Å²) in [5.74, 6) is -1.18. The van der Waals surface area contributed by atoms with E-state index >= 15 is 0 Å². The maximum Gasteiger partial charge on any atom is 0.341 e. The zero-order valence-corrected chi connectivity index (χ0v) is 18.2. The minimum absolute atomic E-state index is 0.0221.